The van der Waals surface area contributed by atoms with Crippen LogP contribution in [0.1, 0.15) is 31.4 Å². The van der Waals surface area contributed by atoms with Crippen LogP contribution in [0.2, 0.25) is 5.02 Å². The third-order valence-corrected chi connectivity index (χ3v) is 4.54. The second-order valence-electron chi connectivity index (χ2n) is 5.80. The van der Waals surface area contributed by atoms with E-state index in [4.69, 9.17) is 17.3 Å². The predicted molar refractivity (Wildman–Crippen MR) is 91.2 cm³/mol. The molecule has 22 heavy (non-hydrogen) atoms. The molecular formula is C16H24Cl2N2O2. The lowest BCUT2D eigenvalue weighted by atomic mass is 9.87. The molecule has 6 heteroatoms. The second kappa shape index (κ2) is 8.73. The van der Waals surface area contributed by atoms with Gasteiger partial charge in [-0.1, -0.05) is 30.7 Å². The summed E-state index contributed by atoms with van der Waals surface area (Å²) in [5, 5.41) is 11.1. The van der Waals surface area contributed by atoms with Crippen LogP contribution in [0, 0.1) is 11.8 Å². The van der Waals surface area contributed by atoms with Gasteiger partial charge in [0, 0.05) is 30.6 Å². The fourth-order valence-corrected chi connectivity index (χ4v) is 2.91. The molecule has 1 aromatic rings. The third-order valence-electron chi connectivity index (χ3n) is 4.28. The second-order valence-corrected chi connectivity index (χ2v) is 6.23. The van der Waals surface area contributed by atoms with Gasteiger partial charge in [-0.25, -0.2) is 0 Å². The number of benzene rings is 1. The van der Waals surface area contributed by atoms with Gasteiger partial charge in [-0.15, -0.1) is 12.4 Å². The quantitative estimate of drug-likeness (QED) is 0.880. The molecule has 0 spiro atoms. The zero-order valence-corrected chi connectivity index (χ0v) is 14.3. The van der Waals surface area contributed by atoms with E-state index in [0.717, 1.165) is 18.4 Å². The van der Waals surface area contributed by atoms with Gasteiger partial charge in [0.15, 0.2) is 0 Å². The van der Waals surface area contributed by atoms with Crippen molar-refractivity contribution >= 4 is 29.9 Å². The first-order valence-electron chi connectivity index (χ1n) is 7.45. The highest BCUT2D eigenvalue weighted by Gasteiger charge is 2.29. The number of carbonyl (C=O) groups excluding carboxylic acids is 1. The highest BCUT2D eigenvalue weighted by molar-refractivity contribution is 6.30. The van der Waals surface area contributed by atoms with E-state index in [1.54, 1.807) is 12.1 Å². The lowest BCUT2D eigenvalue weighted by molar-refractivity contribution is -0.136. The summed E-state index contributed by atoms with van der Waals surface area (Å²) in [4.78, 5) is 13.9. The van der Waals surface area contributed by atoms with Gasteiger partial charge in [-0.3, -0.25) is 4.79 Å². The van der Waals surface area contributed by atoms with Crippen molar-refractivity contribution in [3.05, 3.63) is 34.9 Å². The number of halogens is 2. The fourth-order valence-electron chi connectivity index (χ4n) is 2.78. The molecule has 0 radical (unpaired) electrons. The Hall–Kier alpha value is -0.810. The Balaban J connectivity index is 0.00000242. The van der Waals surface area contributed by atoms with Gasteiger partial charge >= 0.3 is 0 Å². The van der Waals surface area contributed by atoms with Crippen molar-refractivity contribution in [1.29, 1.82) is 0 Å². The molecular weight excluding hydrogens is 323 g/mol. The van der Waals surface area contributed by atoms with E-state index in [2.05, 4.69) is 0 Å². The Morgan fingerprint density at radius 1 is 1.36 bits per heavy atom. The number of amides is 1. The Bertz CT molecular complexity index is 474. The topological polar surface area (TPSA) is 66.6 Å². The smallest absolute Gasteiger partial charge is 0.226 e. The van der Waals surface area contributed by atoms with Gasteiger partial charge in [0.25, 0.3) is 0 Å². The standard InChI is InChI=1S/C16H23ClN2O2.ClH/c1-11(10-18)16(21)19-8-6-13(7-9-19)15(20)12-2-4-14(17)5-3-12;/h2-5,11,13,15,20H,6-10,18H2,1H3;1H. The van der Waals surface area contributed by atoms with Gasteiger partial charge in [-0.05, 0) is 36.5 Å². The summed E-state index contributed by atoms with van der Waals surface area (Å²) in [6.07, 6.45) is 1.13. The van der Waals surface area contributed by atoms with Crippen molar-refractivity contribution in [2.75, 3.05) is 19.6 Å². The van der Waals surface area contributed by atoms with E-state index in [1.807, 2.05) is 24.0 Å². The molecule has 0 aliphatic carbocycles. The van der Waals surface area contributed by atoms with Crippen LogP contribution in [0.5, 0.6) is 0 Å². The van der Waals surface area contributed by atoms with E-state index in [9.17, 15) is 9.90 Å². The molecule has 2 atom stereocenters. The van der Waals surface area contributed by atoms with Crippen LogP contribution in [0.3, 0.4) is 0 Å². The van der Waals surface area contributed by atoms with Crippen LogP contribution in [-0.4, -0.2) is 35.5 Å². The molecule has 1 saturated heterocycles. The van der Waals surface area contributed by atoms with E-state index in [0.29, 0.717) is 24.7 Å². The summed E-state index contributed by atoms with van der Waals surface area (Å²) in [6.45, 7) is 3.63. The molecule has 2 rings (SSSR count). The fraction of sp³-hybridized carbons (Fsp3) is 0.562. The van der Waals surface area contributed by atoms with Crippen LogP contribution in [0.4, 0.5) is 0 Å². The minimum Gasteiger partial charge on any atom is -0.388 e. The number of rotatable bonds is 4. The summed E-state index contributed by atoms with van der Waals surface area (Å²) in [6, 6.07) is 7.31. The predicted octanol–water partition coefficient (Wildman–Crippen LogP) is 2.63. The van der Waals surface area contributed by atoms with E-state index < -0.39 is 6.10 Å². The summed E-state index contributed by atoms with van der Waals surface area (Å²) in [5.74, 6) is 0.183. The molecule has 1 heterocycles. The SMILES string of the molecule is CC(CN)C(=O)N1CCC(C(O)c2ccc(Cl)cc2)CC1.Cl. The van der Waals surface area contributed by atoms with Gasteiger partial charge < -0.3 is 15.7 Å². The number of hydrogen-bond donors (Lipinski definition) is 2. The maximum Gasteiger partial charge on any atom is 0.226 e. The molecule has 4 nitrogen and oxygen atoms in total. The summed E-state index contributed by atoms with van der Waals surface area (Å²) in [5.41, 5.74) is 6.43. The first-order valence-corrected chi connectivity index (χ1v) is 7.83. The van der Waals surface area contributed by atoms with Crippen LogP contribution in [0.25, 0.3) is 0 Å². The average molecular weight is 347 g/mol. The number of piperidine rings is 1. The molecule has 1 fully saturated rings. The molecule has 1 aliphatic heterocycles. The van der Waals surface area contributed by atoms with Crippen molar-refractivity contribution in [3.8, 4) is 0 Å². The lowest BCUT2D eigenvalue weighted by Gasteiger charge is -2.35. The van der Waals surface area contributed by atoms with Crippen molar-refractivity contribution in [3.63, 3.8) is 0 Å². The van der Waals surface area contributed by atoms with Gasteiger partial charge in [0.1, 0.15) is 0 Å². The average Bonchev–Trinajstić information content (AvgIpc) is 2.53. The molecule has 3 N–H and O–H groups in total. The maximum atomic E-state index is 12.1. The summed E-state index contributed by atoms with van der Waals surface area (Å²) < 4.78 is 0. The maximum absolute atomic E-state index is 12.1. The Labute approximate surface area is 143 Å². The highest BCUT2D eigenvalue weighted by atomic mass is 35.5. The van der Waals surface area contributed by atoms with Crippen molar-refractivity contribution < 1.29 is 9.90 Å². The molecule has 124 valence electrons. The van der Waals surface area contributed by atoms with Gasteiger partial charge in [0.05, 0.1) is 6.10 Å². The minimum absolute atomic E-state index is 0. The van der Waals surface area contributed by atoms with Crippen molar-refractivity contribution in [1.82, 2.24) is 4.90 Å². The van der Waals surface area contributed by atoms with Crippen LogP contribution < -0.4 is 5.73 Å². The minimum atomic E-state index is -0.494. The van der Waals surface area contributed by atoms with Crippen molar-refractivity contribution in [2.24, 2.45) is 17.6 Å². The molecule has 1 aromatic carbocycles. The van der Waals surface area contributed by atoms with Crippen LogP contribution >= 0.6 is 24.0 Å². The van der Waals surface area contributed by atoms with Crippen LogP contribution in [0.15, 0.2) is 24.3 Å². The third kappa shape index (κ3) is 4.59. The van der Waals surface area contributed by atoms with Gasteiger partial charge in [0.2, 0.25) is 5.91 Å². The Kier molecular flexibility index (Phi) is 7.63. The molecule has 0 bridgehead atoms. The normalized spacial score (nSPS) is 18.5. The zero-order valence-electron chi connectivity index (χ0n) is 12.7. The van der Waals surface area contributed by atoms with E-state index in [1.165, 1.54) is 0 Å². The van der Waals surface area contributed by atoms with Crippen LogP contribution in [-0.2, 0) is 4.79 Å². The van der Waals surface area contributed by atoms with E-state index >= 15 is 0 Å². The van der Waals surface area contributed by atoms with Gasteiger partial charge in [-0.2, -0.15) is 0 Å². The number of aliphatic hydroxyl groups excluding tert-OH is 1. The zero-order chi connectivity index (χ0) is 15.4. The number of hydrogen-bond acceptors (Lipinski definition) is 3. The number of likely N-dealkylation sites (tertiary alicyclic amines) is 1. The highest BCUT2D eigenvalue weighted by Crippen LogP contribution is 2.31. The molecule has 1 amide bonds. The lowest BCUT2D eigenvalue weighted by Crippen LogP contribution is -2.43. The van der Waals surface area contributed by atoms with Crippen molar-refractivity contribution in [2.45, 2.75) is 25.9 Å². The Morgan fingerprint density at radius 2 is 1.91 bits per heavy atom. The Morgan fingerprint density at radius 3 is 2.41 bits per heavy atom. The molecule has 0 aromatic heterocycles. The largest absolute Gasteiger partial charge is 0.388 e. The molecule has 2 unspecified atom stereocenters. The first kappa shape index (κ1) is 19.2. The summed E-state index contributed by atoms with van der Waals surface area (Å²) >= 11 is 5.86. The number of carbonyl (C=O) groups is 1. The van der Waals surface area contributed by atoms with E-state index in [-0.39, 0.29) is 30.2 Å². The number of nitrogens with two attached hydrogens (primary N) is 1. The molecule has 1 aliphatic rings. The number of aliphatic hydroxyl groups is 1. The monoisotopic (exact) mass is 346 g/mol. The summed E-state index contributed by atoms with van der Waals surface area (Å²) in [7, 11) is 0. The molecule has 0 saturated carbocycles. The first-order chi connectivity index (χ1) is 10.0. The number of nitrogens with zero attached hydrogens (tertiary/aromatic N) is 1.